The maximum Gasteiger partial charge on any atom is 0.419 e. The van der Waals surface area contributed by atoms with Crippen LogP contribution in [0.1, 0.15) is 5.56 Å². The first-order chi connectivity index (χ1) is 26.0. The number of rotatable bonds is 4. The highest BCUT2D eigenvalue weighted by atomic mass is 32.1. The van der Waals surface area contributed by atoms with Crippen molar-refractivity contribution in [3.05, 3.63) is 128 Å². The Morgan fingerprint density at radius 2 is 1.34 bits per heavy atom. The van der Waals surface area contributed by atoms with Crippen LogP contribution in [-0.4, -0.2) is 28.2 Å². The Labute approximate surface area is 312 Å². The fourth-order valence-electron chi connectivity index (χ4n) is 7.13. The number of ether oxygens (including phenoxy) is 1. The van der Waals surface area contributed by atoms with Crippen LogP contribution in [0.5, 0.6) is 0 Å². The van der Waals surface area contributed by atoms with Crippen LogP contribution in [0.25, 0.3) is 84.6 Å². The molecule has 0 unspecified atom stereocenters. The van der Waals surface area contributed by atoms with Gasteiger partial charge in [0.1, 0.15) is 34.0 Å². The highest BCUT2D eigenvalue weighted by molar-refractivity contribution is 7.32. The molecule has 0 aliphatic rings. The van der Waals surface area contributed by atoms with E-state index in [1.54, 1.807) is 51.5 Å². The Bertz CT molecular complexity index is 3490. The lowest BCUT2D eigenvalue weighted by molar-refractivity contribution is 0.143. The van der Waals surface area contributed by atoms with Gasteiger partial charge in [-0.25, -0.2) is 14.4 Å². The lowest BCUT2D eigenvalue weighted by Gasteiger charge is -2.08. The van der Waals surface area contributed by atoms with Gasteiger partial charge in [0.25, 0.3) is 5.43 Å². The zero-order valence-corrected chi connectivity index (χ0v) is 30.2. The average molecular weight is 763 g/mol. The molecule has 0 radical (unpaired) electrons. The van der Waals surface area contributed by atoms with E-state index in [-0.39, 0.29) is 12.0 Å². The van der Waals surface area contributed by atoms with Crippen LogP contribution < -0.4 is 16.2 Å². The molecule has 0 aliphatic heterocycles. The van der Waals surface area contributed by atoms with Crippen molar-refractivity contribution in [1.82, 2.24) is 22.1 Å². The van der Waals surface area contributed by atoms with Crippen molar-refractivity contribution in [2.24, 2.45) is 4.99 Å². The molecular formula is C39H18N6O4S4. The molecule has 0 spiro atoms. The van der Waals surface area contributed by atoms with Crippen LogP contribution in [0.4, 0.5) is 10.5 Å². The molecule has 0 atom stereocenters. The van der Waals surface area contributed by atoms with Gasteiger partial charge in [-0.3, -0.25) is 9.59 Å². The third-order valence-corrected chi connectivity index (χ3v) is 13.1. The normalized spacial score (nSPS) is 12.6. The van der Waals surface area contributed by atoms with Gasteiger partial charge < -0.3 is 4.74 Å². The second-order valence-corrected chi connectivity index (χ2v) is 15.6. The summed E-state index contributed by atoms with van der Waals surface area (Å²) in [6, 6.07) is 30.5. The fourth-order valence-corrected chi connectivity index (χ4v) is 10.8. The zero-order valence-electron chi connectivity index (χ0n) is 26.9. The highest BCUT2D eigenvalue weighted by Gasteiger charge is 2.26. The molecule has 5 heterocycles. The Morgan fingerprint density at radius 3 is 2.17 bits per heavy atom. The second kappa shape index (κ2) is 11.5. The molecule has 11 aromatic rings. The third-order valence-electron chi connectivity index (χ3n) is 9.53. The van der Waals surface area contributed by atoms with Crippen molar-refractivity contribution < 1.29 is 9.53 Å². The molecule has 0 N–H and O–H groups in total. The first-order valence-corrected chi connectivity index (χ1v) is 19.4. The molecule has 0 saturated heterocycles. The van der Waals surface area contributed by atoms with Gasteiger partial charge in [0.05, 0.1) is 49.6 Å². The van der Waals surface area contributed by atoms with E-state index >= 15 is 0 Å². The topological polar surface area (TPSA) is 129 Å². The summed E-state index contributed by atoms with van der Waals surface area (Å²) in [5.41, 5.74) is 5.02. The summed E-state index contributed by atoms with van der Waals surface area (Å²) in [5, 5.41) is 3.48. The van der Waals surface area contributed by atoms with Gasteiger partial charge in [-0.1, -0.05) is 72.8 Å². The summed E-state index contributed by atoms with van der Waals surface area (Å²) in [6.45, 7) is 0.151. The first-order valence-electron chi connectivity index (χ1n) is 16.3. The van der Waals surface area contributed by atoms with Crippen LogP contribution in [-0.2, 0) is 11.3 Å². The summed E-state index contributed by atoms with van der Waals surface area (Å²) in [5.74, 6) is 0. The minimum atomic E-state index is -0.649. The fraction of sp³-hybridized carbons (Fsp3) is 0.0256. The molecule has 10 nitrogen and oxygen atoms in total. The van der Waals surface area contributed by atoms with E-state index in [4.69, 9.17) is 18.5 Å². The molecular weight excluding hydrogens is 745 g/mol. The van der Waals surface area contributed by atoms with Crippen LogP contribution in [0, 0.1) is 0 Å². The number of nitrogens with zero attached hydrogens (tertiary/aromatic N) is 6. The summed E-state index contributed by atoms with van der Waals surface area (Å²) in [6.07, 6.45) is -0.449. The highest BCUT2D eigenvalue weighted by Crippen LogP contribution is 2.48. The molecule has 6 aromatic carbocycles. The van der Waals surface area contributed by atoms with Crippen LogP contribution in [0.2, 0.25) is 0 Å². The smallest absolute Gasteiger partial charge is 0.419 e. The monoisotopic (exact) mass is 762 g/mol. The van der Waals surface area contributed by atoms with Crippen molar-refractivity contribution in [2.45, 2.75) is 6.61 Å². The van der Waals surface area contributed by atoms with Crippen molar-refractivity contribution in [1.29, 1.82) is 0 Å². The number of carbonyl (C=O) groups excluding carboxylic acids is 1. The van der Waals surface area contributed by atoms with Crippen LogP contribution in [0.15, 0.2) is 112 Å². The summed E-state index contributed by atoms with van der Waals surface area (Å²) >= 11 is 5.40. The van der Waals surface area contributed by atoms with Gasteiger partial charge in [0, 0.05) is 42.1 Å². The van der Waals surface area contributed by atoms with Crippen molar-refractivity contribution in [3.8, 4) is 10.4 Å². The minimum Gasteiger partial charge on any atom is -0.444 e. The van der Waals surface area contributed by atoms with Crippen molar-refractivity contribution in [2.75, 3.05) is 0 Å². The molecule has 53 heavy (non-hydrogen) atoms. The molecule has 0 fully saturated rings. The molecule has 11 rings (SSSR count). The molecule has 5 aromatic heterocycles. The molecule has 0 saturated carbocycles. The number of fused-ring (bicyclic) bond motifs is 11. The Morgan fingerprint density at radius 1 is 0.660 bits per heavy atom. The predicted octanol–water partition coefficient (Wildman–Crippen LogP) is 9.07. The molecule has 0 bridgehead atoms. The Hall–Kier alpha value is -6.06. The van der Waals surface area contributed by atoms with E-state index in [1.807, 2.05) is 66.7 Å². The average Bonchev–Trinajstić information content (AvgIpc) is 4.04. The van der Waals surface area contributed by atoms with Crippen molar-refractivity contribution >= 4 is 132 Å². The number of benzene rings is 5. The van der Waals surface area contributed by atoms with Crippen molar-refractivity contribution in [3.63, 3.8) is 0 Å². The summed E-state index contributed by atoms with van der Waals surface area (Å²) < 4.78 is 29.4. The standard InChI is InChI=1S/C39H18N6O4S4/c46-35-20-11-5-4-10-19(20)32(36(35)47)40-25-15-23-22(30-33(25)44-53-42-30)14-24(31-29(23)41-52-43-31)28-16-26-37(51-28)38-34(21-12-6-7-13-27(21)50-38)45(26)39(48)49-17-18-8-2-1-3-9-18/h1-16H,17H2/b40-32-. The van der Waals surface area contributed by atoms with Gasteiger partial charge in [-0.2, -0.15) is 17.5 Å². The number of thiophene rings is 2. The molecule has 0 aliphatic carbocycles. The SMILES string of the molecule is O=C(OCc1ccccc1)n1c2cc(-c3cc4c(cc(/N=c5\c(=O)c(=O)c6ccccc56)c5nsnc54)c4nsnc34)sc2c2sc3ccccc3c21. The number of hydrogen-bond acceptors (Lipinski definition) is 13. The number of hydrogen-bond donors (Lipinski definition) is 0. The maximum absolute atomic E-state index is 14.0. The first kappa shape index (κ1) is 30.6. The summed E-state index contributed by atoms with van der Waals surface area (Å²) in [7, 11) is 0. The van der Waals surface area contributed by atoms with Crippen LogP contribution in [0.3, 0.4) is 0 Å². The van der Waals surface area contributed by atoms with Gasteiger partial charge in [-0.15, -0.1) is 22.7 Å². The maximum atomic E-state index is 14.0. The van der Waals surface area contributed by atoms with E-state index in [0.717, 1.165) is 80.8 Å². The van der Waals surface area contributed by atoms with E-state index in [1.165, 1.54) is 0 Å². The van der Waals surface area contributed by atoms with Gasteiger partial charge in [0.2, 0.25) is 5.43 Å². The van der Waals surface area contributed by atoms with Crippen LogP contribution >= 0.6 is 46.1 Å². The number of aromatic nitrogens is 5. The quantitative estimate of drug-likeness (QED) is 0.163. The van der Waals surface area contributed by atoms with Gasteiger partial charge >= 0.3 is 6.09 Å². The summed E-state index contributed by atoms with van der Waals surface area (Å²) in [4.78, 5) is 45.5. The minimum absolute atomic E-state index is 0.0871. The van der Waals surface area contributed by atoms with E-state index in [0.29, 0.717) is 38.5 Å². The third kappa shape index (κ3) is 4.47. The molecule has 14 heteroatoms. The lowest BCUT2D eigenvalue weighted by Crippen LogP contribution is -2.30. The van der Waals surface area contributed by atoms with E-state index < -0.39 is 17.0 Å². The largest absolute Gasteiger partial charge is 0.444 e. The molecule has 252 valence electrons. The molecule has 0 amide bonds. The van der Waals surface area contributed by atoms with Gasteiger partial charge in [-0.05, 0) is 29.8 Å². The zero-order chi connectivity index (χ0) is 35.4. The second-order valence-electron chi connectivity index (χ2n) is 12.5. The Kier molecular flexibility index (Phi) is 6.61. The van der Waals surface area contributed by atoms with E-state index in [2.05, 4.69) is 14.8 Å². The Balaban J connectivity index is 1.12. The lowest BCUT2D eigenvalue weighted by atomic mass is 10.0. The number of carbonyl (C=O) groups is 1. The van der Waals surface area contributed by atoms with Gasteiger partial charge in [0.15, 0.2) is 0 Å². The predicted molar refractivity (Wildman–Crippen MR) is 214 cm³/mol. The van der Waals surface area contributed by atoms with E-state index in [9.17, 15) is 14.4 Å².